The lowest BCUT2D eigenvalue weighted by molar-refractivity contribution is 0.660. The molecule has 0 saturated carbocycles. The summed E-state index contributed by atoms with van der Waals surface area (Å²) in [5.74, 6) is 0. The number of aryl methyl sites for hydroxylation is 1. The van der Waals surface area contributed by atoms with Crippen LogP contribution in [0, 0.1) is 0 Å². The van der Waals surface area contributed by atoms with E-state index < -0.39 is 0 Å². The number of hydrogen-bond donors (Lipinski definition) is 0. The molecular weight excluding hydrogens is 398 g/mol. The third-order valence-corrected chi connectivity index (χ3v) is 7.81. The lowest BCUT2D eigenvalue weighted by Crippen LogP contribution is -2.14. The molecule has 0 radical (unpaired) electrons. The van der Waals surface area contributed by atoms with Gasteiger partial charge in [0, 0.05) is 34.3 Å². The van der Waals surface area contributed by atoms with E-state index in [1.54, 1.807) is 0 Å². The van der Waals surface area contributed by atoms with Gasteiger partial charge < -0.3 is 4.57 Å². The fourth-order valence-corrected chi connectivity index (χ4v) is 6.04. The molecule has 7 rings (SSSR count). The molecule has 0 N–H and O–H groups in total. The van der Waals surface area contributed by atoms with Crippen molar-refractivity contribution in [2.75, 3.05) is 0 Å². The predicted octanol–water partition coefficient (Wildman–Crippen LogP) is 8.46. The van der Waals surface area contributed by atoms with Gasteiger partial charge in [0.25, 0.3) is 0 Å². The van der Waals surface area contributed by atoms with Gasteiger partial charge in [0.1, 0.15) is 0 Å². The minimum absolute atomic E-state index is 0.0156. The Bertz CT molecular complexity index is 1750. The zero-order valence-corrected chi connectivity index (χ0v) is 19.2. The van der Waals surface area contributed by atoms with Crippen molar-refractivity contribution in [1.29, 1.82) is 0 Å². The molecule has 0 unspecified atom stereocenters. The number of hydrogen-bond acceptors (Lipinski definition) is 0. The summed E-state index contributed by atoms with van der Waals surface area (Å²) in [5.41, 5.74) is 10.7. The van der Waals surface area contributed by atoms with Crippen molar-refractivity contribution in [1.82, 2.24) is 4.57 Å². The van der Waals surface area contributed by atoms with E-state index in [1.165, 1.54) is 66.0 Å². The zero-order chi connectivity index (χ0) is 22.3. The molecule has 1 aliphatic rings. The Balaban J connectivity index is 1.48. The summed E-state index contributed by atoms with van der Waals surface area (Å²) >= 11 is 0. The van der Waals surface area contributed by atoms with Crippen LogP contribution in [0.15, 0.2) is 97.1 Å². The molecule has 0 bridgehead atoms. The van der Waals surface area contributed by atoms with Gasteiger partial charge in [-0.15, -0.1) is 0 Å². The van der Waals surface area contributed by atoms with E-state index in [0.717, 1.165) is 0 Å². The zero-order valence-electron chi connectivity index (χ0n) is 19.2. The maximum absolute atomic E-state index is 2.42. The van der Waals surface area contributed by atoms with Crippen LogP contribution < -0.4 is 0 Å². The van der Waals surface area contributed by atoms with Gasteiger partial charge in [0.15, 0.2) is 0 Å². The van der Waals surface area contributed by atoms with Crippen LogP contribution in [0.5, 0.6) is 0 Å². The molecule has 0 saturated heterocycles. The first-order valence-corrected chi connectivity index (χ1v) is 11.7. The largest absolute Gasteiger partial charge is 0.344 e. The van der Waals surface area contributed by atoms with Crippen molar-refractivity contribution in [2.45, 2.75) is 19.3 Å². The SMILES string of the molecule is Cn1c2ccc(-c3ccc4c(c3)C(C)(C)c3ccccc3-4)cc2c2c3ccccc3ccc21. The molecular formula is C32H25N. The molecule has 0 amide bonds. The number of nitrogens with zero attached hydrogens (tertiary/aromatic N) is 1. The molecule has 6 aromatic rings. The highest BCUT2D eigenvalue weighted by Crippen LogP contribution is 2.49. The van der Waals surface area contributed by atoms with E-state index >= 15 is 0 Å². The minimum atomic E-state index is 0.0156. The highest BCUT2D eigenvalue weighted by atomic mass is 14.9. The Morgan fingerprint density at radius 3 is 2.18 bits per heavy atom. The molecule has 33 heavy (non-hydrogen) atoms. The smallest absolute Gasteiger partial charge is 0.0495 e. The molecule has 0 spiro atoms. The van der Waals surface area contributed by atoms with Gasteiger partial charge >= 0.3 is 0 Å². The fraction of sp³-hybridized carbons (Fsp3) is 0.125. The van der Waals surface area contributed by atoms with Gasteiger partial charge in [-0.25, -0.2) is 0 Å². The molecule has 0 atom stereocenters. The first-order valence-electron chi connectivity index (χ1n) is 11.7. The Labute approximate surface area is 193 Å². The second kappa shape index (κ2) is 6.36. The van der Waals surface area contributed by atoms with E-state index in [4.69, 9.17) is 0 Å². The van der Waals surface area contributed by atoms with Gasteiger partial charge in [0.05, 0.1) is 0 Å². The third-order valence-electron chi connectivity index (χ3n) is 7.81. The summed E-state index contributed by atoms with van der Waals surface area (Å²) in [7, 11) is 2.17. The Morgan fingerprint density at radius 2 is 1.27 bits per heavy atom. The van der Waals surface area contributed by atoms with Crippen molar-refractivity contribution < 1.29 is 0 Å². The summed E-state index contributed by atoms with van der Waals surface area (Å²) in [5, 5.41) is 5.29. The molecule has 5 aromatic carbocycles. The summed E-state index contributed by atoms with van der Waals surface area (Å²) in [6, 6.07) is 36.0. The van der Waals surface area contributed by atoms with Gasteiger partial charge in [-0.1, -0.05) is 86.6 Å². The molecule has 0 fully saturated rings. The number of rotatable bonds is 1. The molecule has 1 heterocycles. The lowest BCUT2D eigenvalue weighted by atomic mass is 9.81. The van der Waals surface area contributed by atoms with E-state index in [1.807, 2.05) is 0 Å². The van der Waals surface area contributed by atoms with Crippen molar-refractivity contribution in [3.8, 4) is 22.3 Å². The van der Waals surface area contributed by atoms with Crippen LogP contribution in [0.25, 0.3) is 54.8 Å². The van der Waals surface area contributed by atoms with Crippen molar-refractivity contribution in [2.24, 2.45) is 7.05 Å². The highest BCUT2D eigenvalue weighted by molar-refractivity contribution is 6.21. The van der Waals surface area contributed by atoms with E-state index in [-0.39, 0.29) is 5.41 Å². The molecule has 1 aromatic heterocycles. The topological polar surface area (TPSA) is 4.93 Å². The average Bonchev–Trinajstić information content (AvgIpc) is 3.27. The van der Waals surface area contributed by atoms with Crippen LogP contribution in [-0.2, 0) is 12.5 Å². The van der Waals surface area contributed by atoms with Crippen LogP contribution in [0.2, 0.25) is 0 Å². The standard InChI is InChI=1S/C32H25N/c1-32(2)27-11-7-6-10-24(27)25-15-12-22(19-28(25)32)21-14-16-29-26(18-21)31-23-9-5-4-8-20(23)13-17-30(31)33(29)3/h4-19H,1-3H3. The van der Waals surface area contributed by atoms with Crippen molar-refractivity contribution in [3.63, 3.8) is 0 Å². The molecule has 1 nitrogen and oxygen atoms in total. The molecule has 1 heteroatoms. The average molecular weight is 424 g/mol. The normalized spacial score (nSPS) is 14.2. The van der Waals surface area contributed by atoms with Crippen LogP contribution in [0.1, 0.15) is 25.0 Å². The van der Waals surface area contributed by atoms with Crippen LogP contribution in [0.3, 0.4) is 0 Å². The Morgan fingerprint density at radius 1 is 0.576 bits per heavy atom. The quantitative estimate of drug-likeness (QED) is 0.250. The lowest BCUT2D eigenvalue weighted by Gasteiger charge is -2.22. The van der Waals surface area contributed by atoms with Gasteiger partial charge in [0.2, 0.25) is 0 Å². The fourth-order valence-electron chi connectivity index (χ4n) is 6.04. The van der Waals surface area contributed by atoms with Gasteiger partial charge in [-0.05, 0) is 68.4 Å². The summed E-state index contributed by atoms with van der Waals surface area (Å²) < 4.78 is 2.32. The summed E-state index contributed by atoms with van der Waals surface area (Å²) in [6.45, 7) is 4.70. The number of fused-ring (bicyclic) bond motifs is 8. The second-order valence-corrected chi connectivity index (χ2v) is 9.90. The third kappa shape index (κ3) is 2.42. The molecule has 0 aliphatic heterocycles. The minimum Gasteiger partial charge on any atom is -0.344 e. The second-order valence-electron chi connectivity index (χ2n) is 9.90. The van der Waals surface area contributed by atoms with Crippen LogP contribution in [-0.4, -0.2) is 4.57 Å². The van der Waals surface area contributed by atoms with Crippen molar-refractivity contribution in [3.05, 3.63) is 108 Å². The highest BCUT2D eigenvalue weighted by Gasteiger charge is 2.35. The molecule has 1 aliphatic carbocycles. The maximum atomic E-state index is 2.42. The van der Waals surface area contributed by atoms with Crippen LogP contribution in [0.4, 0.5) is 0 Å². The Kier molecular flexibility index (Phi) is 3.60. The number of aromatic nitrogens is 1. The monoisotopic (exact) mass is 423 g/mol. The van der Waals surface area contributed by atoms with Crippen LogP contribution >= 0.6 is 0 Å². The van der Waals surface area contributed by atoms with Gasteiger partial charge in [-0.3, -0.25) is 0 Å². The first-order chi connectivity index (χ1) is 16.0. The number of benzene rings is 5. The summed E-state index contributed by atoms with van der Waals surface area (Å²) in [6.07, 6.45) is 0. The first kappa shape index (κ1) is 18.7. The summed E-state index contributed by atoms with van der Waals surface area (Å²) in [4.78, 5) is 0. The van der Waals surface area contributed by atoms with Crippen molar-refractivity contribution >= 4 is 32.6 Å². The van der Waals surface area contributed by atoms with E-state index in [0.29, 0.717) is 0 Å². The predicted molar refractivity (Wildman–Crippen MR) is 141 cm³/mol. The van der Waals surface area contributed by atoms with E-state index in [9.17, 15) is 0 Å². The van der Waals surface area contributed by atoms with Gasteiger partial charge in [-0.2, -0.15) is 0 Å². The maximum Gasteiger partial charge on any atom is 0.0495 e. The molecule has 158 valence electrons. The van der Waals surface area contributed by atoms with E-state index in [2.05, 4.69) is 123 Å². The Hall–Kier alpha value is -3.84.